The standard InChI is InChI=1S/C24H26N6O2/c25-21(32)11-15(14-31)10-17-13-26-30-23(27-18-8-9-18)12-22(29-24(17)30)28-20-7-3-5-16-4-1-2-6-19(16)20/h1-2,4,6,10,12-14,18,20,27H,3,5,7-9,11H2,(H2,25,32)(H,28,29)/b15-10+. The van der Waals surface area contributed by atoms with Gasteiger partial charge in [0.15, 0.2) is 5.65 Å². The van der Waals surface area contributed by atoms with Crippen LogP contribution in [0.15, 0.2) is 42.1 Å². The fourth-order valence-corrected chi connectivity index (χ4v) is 4.31. The molecule has 1 saturated carbocycles. The summed E-state index contributed by atoms with van der Waals surface area (Å²) < 4.78 is 1.75. The minimum atomic E-state index is -0.554. The number of fused-ring (bicyclic) bond motifs is 2. The summed E-state index contributed by atoms with van der Waals surface area (Å²) in [6.07, 6.45) is 9.34. The van der Waals surface area contributed by atoms with Gasteiger partial charge in [-0.1, -0.05) is 24.3 Å². The first-order valence-electron chi connectivity index (χ1n) is 11.0. The fraction of sp³-hybridized carbons (Fsp3) is 0.333. The van der Waals surface area contributed by atoms with Crippen LogP contribution >= 0.6 is 0 Å². The van der Waals surface area contributed by atoms with Crippen molar-refractivity contribution in [1.29, 1.82) is 0 Å². The molecule has 1 fully saturated rings. The Hall–Kier alpha value is -3.68. The molecule has 2 aliphatic rings. The van der Waals surface area contributed by atoms with E-state index in [2.05, 4.69) is 40.0 Å². The highest BCUT2D eigenvalue weighted by Gasteiger charge is 2.24. The van der Waals surface area contributed by atoms with Crippen LogP contribution in [0.1, 0.15) is 54.8 Å². The van der Waals surface area contributed by atoms with Gasteiger partial charge in [-0.05, 0) is 49.3 Å². The molecule has 0 bridgehead atoms. The second-order valence-corrected chi connectivity index (χ2v) is 8.55. The second-order valence-electron chi connectivity index (χ2n) is 8.55. The van der Waals surface area contributed by atoms with Gasteiger partial charge in [0.1, 0.15) is 17.9 Å². The van der Waals surface area contributed by atoms with Crippen molar-refractivity contribution in [2.45, 2.75) is 50.6 Å². The predicted molar refractivity (Wildman–Crippen MR) is 123 cm³/mol. The molecule has 5 rings (SSSR count). The molecule has 3 aromatic rings. The van der Waals surface area contributed by atoms with Crippen LogP contribution < -0.4 is 16.4 Å². The number of carbonyl (C=O) groups is 2. The minimum absolute atomic E-state index is 0.120. The fourth-order valence-electron chi connectivity index (χ4n) is 4.31. The zero-order valence-corrected chi connectivity index (χ0v) is 17.8. The number of nitrogens with two attached hydrogens (primary N) is 1. The Bertz CT molecular complexity index is 1210. The molecule has 1 unspecified atom stereocenters. The average molecular weight is 431 g/mol. The number of aromatic nitrogens is 3. The molecule has 2 aromatic heterocycles. The quantitative estimate of drug-likeness (QED) is 0.373. The summed E-state index contributed by atoms with van der Waals surface area (Å²) in [5.41, 5.74) is 9.54. The number of amides is 1. The summed E-state index contributed by atoms with van der Waals surface area (Å²) in [4.78, 5) is 27.5. The van der Waals surface area contributed by atoms with E-state index in [1.54, 1.807) is 16.8 Å². The highest BCUT2D eigenvalue weighted by Crippen LogP contribution is 2.33. The van der Waals surface area contributed by atoms with Gasteiger partial charge in [0.2, 0.25) is 5.91 Å². The topological polar surface area (TPSA) is 114 Å². The smallest absolute Gasteiger partial charge is 0.221 e. The summed E-state index contributed by atoms with van der Waals surface area (Å²) in [6.45, 7) is 0. The van der Waals surface area contributed by atoms with Crippen molar-refractivity contribution in [3.05, 3.63) is 58.8 Å². The minimum Gasteiger partial charge on any atom is -0.369 e. The molecule has 0 saturated heterocycles. The van der Waals surface area contributed by atoms with Crippen molar-refractivity contribution < 1.29 is 9.59 Å². The lowest BCUT2D eigenvalue weighted by Crippen LogP contribution is -2.18. The predicted octanol–water partition coefficient (Wildman–Crippen LogP) is 3.25. The van der Waals surface area contributed by atoms with E-state index in [4.69, 9.17) is 10.7 Å². The molecular formula is C24H26N6O2. The number of rotatable bonds is 8. The van der Waals surface area contributed by atoms with Gasteiger partial charge in [0, 0.05) is 23.2 Å². The Balaban J connectivity index is 1.54. The number of hydrogen-bond acceptors (Lipinski definition) is 6. The zero-order valence-electron chi connectivity index (χ0n) is 17.8. The lowest BCUT2D eigenvalue weighted by molar-refractivity contribution is -0.118. The lowest BCUT2D eigenvalue weighted by atomic mass is 9.88. The van der Waals surface area contributed by atoms with Gasteiger partial charge in [-0.3, -0.25) is 9.59 Å². The van der Waals surface area contributed by atoms with Crippen molar-refractivity contribution in [1.82, 2.24) is 14.6 Å². The maximum absolute atomic E-state index is 11.4. The maximum atomic E-state index is 11.4. The first-order chi connectivity index (χ1) is 15.6. The highest BCUT2D eigenvalue weighted by atomic mass is 16.1. The molecule has 1 atom stereocenters. The van der Waals surface area contributed by atoms with E-state index < -0.39 is 5.91 Å². The van der Waals surface area contributed by atoms with Crippen molar-refractivity contribution in [3.63, 3.8) is 0 Å². The lowest BCUT2D eigenvalue weighted by Gasteiger charge is -2.27. The number of nitrogens with zero attached hydrogens (tertiary/aromatic N) is 3. The molecule has 4 N–H and O–H groups in total. The second kappa shape index (κ2) is 8.45. The largest absolute Gasteiger partial charge is 0.369 e. The average Bonchev–Trinajstić information content (AvgIpc) is 3.52. The molecule has 32 heavy (non-hydrogen) atoms. The van der Waals surface area contributed by atoms with E-state index in [9.17, 15) is 9.59 Å². The Morgan fingerprint density at radius 3 is 2.84 bits per heavy atom. The first-order valence-corrected chi connectivity index (χ1v) is 11.0. The Labute approximate surface area is 185 Å². The van der Waals surface area contributed by atoms with Crippen LogP contribution in [-0.4, -0.2) is 32.8 Å². The molecule has 1 amide bonds. The molecule has 2 heterocycles. The summed E-state index contributed by atoms with van der Waals surface area (Å²) >= 11 is 0. The Morgan fingerprint density at radius 2 is 2.06 bits per heavy atom. The van der Waals surface area contributed by atoms with Crippen molar-refractivity contribution in [2.24, 2.45) is 5.73 Å². The molecule has 0 radical (unpaired) electrons. The van der Waals surface area contributed by atoms with Gasteiger partial charge in [-0.25, -0.2) is 4.98 Å². The third kappa shape index (κ3) is 4.21. The van der Waals surface area contributed by atoms with Crippen molar-refractivity contribution >= 4 is 35.6 Å². The number of primary amides is 1. The van der Waals surface area contributed by atoms with Crippen LogP contribution in [-0.2, 0) is 16.0 Å². The number of nitrogens with one attached hydrogen (secondary N) is 2. The van der Waals surface area contributed by atoms with Gasteiger partial charge < -0.3 is 16.4 Å². The summed E-state index contributed by atoms with van der Waals surface area (Å²) in [5.74, 6) is 1.05. The van der Waals surface area contributed by atoms with E-state index >= 15 is 0 Å². The van der Waals surface area contributed by atoms with Crippen LogP contribution in [0.2, 0.25) is 0 Å². The van der Waals surface area contributed by atoms with Crippen molar-refractivity contribution in [2.75, 3.05) is 10.6 Å². The van der Waals surface area contributed by atoms with Gasteiger partial charge in [0.25, 0.3) is 0 Å². The van der Waals surface area contributed by atoms with Gasteiger partial charge in [0.05, 0.1) is 18.7 Å². The Kier molecular flexibility index (Phi) is 5.34. The third-order valence-corrected chi connectivity index (χ3v) is 5.99. The van der Waals surface area contributed by atoms with E-state index in [0.29, 0.717) is 29.1 Å². The van der Waals surface area contributed by atoms with E-state index in [0.717, 1.165) is 43.7 Å². The third-order valence-electron chi connectivity index (χ3n) is 5.99. The summed E-state index contributed by atoms with van der Waals surface area (Å²) in [6, 6.07) is 11.2. The van der Waals surface area contributed by atoms with Crippen molar-refractivity contribution in [3.8, 4) is 0 Å². The SMILES string of the molecule is NC(=O)C/C(C=O)=C\c1cnn2c(NC3CC3)cc(NC3CCCc4ccccc43)nc12. The van der Waals surface area contributed by atoms with Crippen LogP contribution in [0.5, 0.6) is 0 Å². The van der Waals surface area contributed by atoms with Crippen LogP contribution in [0, 0.1) is 0 Å². The molecule has 0 aliphatic heterocycles. The summed E-state index contributed by atoms with van der Waals surface area (Å²) in [7, 11) is 0. The molecule has 0 spiro atoms. The first kappa shape index (κ1) is 20.2. The maximum Gasteiger partial charge on any atom is 0.221 e. The normalized spacial score (nSPS) is 18.2. The van der Waals surface area contributed by atoms with E-state index in [-0.39, 0.29) is 12.5 Å². The molecule has 8 nitrogen and oxygen atoms in total. The molecule has 1 aromatic carbocycles. The van der Waals surface area contributed by atoms with Crippen LogP contribution in [0.4, 0.5) is 11.6 Å². The number of anilines is 2. The van der Waals surface area contributed by atoms with Crippen LogP contribution in [0.25, 0.3) is 11.7 Å². The number of benzene rings is 1. The zero-order chi connectivity index (χ0) is 22.1. The van der Waals surface area contributed by atoms with E-state index in [1.807, 2.05) is 6.07 Å². The van der Waals surface area contributed by atoms with E-state index in [1.165, 1.54) is 11.1 Å². The monoisotopic (exact) mass is 430 g/mol. The van der Waals surface area contributed by atoms with Crippen LogP contribution in [0.3, 0.4) is 0 Å². The highest BCUT2D eigenvalue weighted by molar-refractivity contribution is 5.92. The molecule has 164 valence electrons. The number of carbonyl (C=O) groups excluding carboxylic acids is 2. The molecular weight excluding hydrogens is 404 g/mol. The number of aldehydes is 1. The van der Waals surface area contributed by atoms with Gasteiger partial charge >= 0.3 is 0 Å². The number of hydrogen-bond donors (Lipinski definition) is 3. The molecule has 2 aliphatic carbocycles. The number of aryl methyl sites for hydroxylation is 1. The Morgan fingerprint density at radius 1 is 1.22 bits per heavy atom. The van der Waals surface area contributed by atoms with Gasteiger partial charge in [-0.15, -0.1) is 0 Å². The summed E-state index contributed by atoms with van der Waals surface area (Å²) in [5, 5.41) is 11.6. The molecule has 8 heteroatoms. The van der Waals surface area contributed by atoms with Gasteiger partial charge in [-0.2, -0.15) is 9.61 Å².